The lowest BCUT2D eigenvalue weighted by molar-refractivity contribution is -0.367. The minimum atomic E-state index is -0.576. The minimum Gasteiger partial charge on any atom is -0.512 e. The largest absolute Gasteiger partial charge is 0.512 e. The van der Waals surface area contributed by atoms with Crippen LogP contribution in [0.1, 0.15) is 43.7 Å². The summed E-state index contributed by atoms with van der Waals surface area (Å²) < 4.78 is 16.0. The predicted octanol–water partition coefficient (Wildman–Crippen LogP) is 1.15. The monoisotopic (exact) mass is 384 g/mol. The Morgan fingerprint density at radius 2 is 1.75 bits per heavy atom. The van der Waals surface area contributed by atoms with Gasteiger partial charge in [0.1, 0.15) is 22.9 Å². The van der Waals surface area contributed by atoms with Gasteiger partial charge in [-0.25, -0.2) is 18.7 Å². The van der Waals surface area contributed by atoms with Crippen molar-refractivity contribution in [3.8, 4) is 0 Å². The number of rotatable bonds is 1. The third-order valence-electron chi connectivity index (χ3n) is 5.69. The highest BCUT2D eigenvalue weighted by Crippen LogP contribution is 2.44. The van der Waals surface area contributed by atoms with Crippen LogP contribution in [0.5, 0.6) is 0 Å². The topological polar surface area (TPSA) is 78.2 Å². The van der Waals surface area contributed by atoms with Crippen LogP contribution in [0.15, 0.2) is 45.2 Å². The van der Waals surface area contributed by atoms with Crippen LogP contribution >= 0.6 is 0 Å². The lowest BCUT2D eigenvalue weighted by atomic mass is 9.69. The van der Waals surface area contributed by atoms with Crippen molar-refractivity contribution in [1.82, 2.24) is 9.13 Å². The summed E-state index contributed by atoms with van der Waals surface area (Å²) in [4.78, 5) is 28.8. The second kappa shape index (κ2) is 6.02. The zero-order chi connectivity index (χ0) is 20.4. The number of nitrogens with zero attached hydrogens (tertiary/aromatic N) is 2. The molecule has 1 aliphatic carbocycles. The van der Waals surface area contributed by atoms with Gasteiger partial charge in [0.25, 0.3) is 11.4 Å². The summed E-state index contributed by atoms with van der Waals surface area (Å²) in [5.41, 5.74) is 1.48. The fourth-order valence-corrected chi connectivity index (χ4v) is 4.37. The van der Waals surface area contributed by atoms with Gasteiger partial charge in [-0.3, -0.25) is 4.79 Å². The molecule has 0 amide bonds. The molecule has 0 radical (unpaired) electrons. The van der Waals surface area contributed by atoms with Gasteiger partial charge in [0.15, 0.2) is 0 Å². The van der Waals surface area contributed by atoms with E-state index in [4.69, 9.17) is 0 Å². The highest BCUT2D eigenvalue weighted by Gasteiger charge is 2.44. The van der Waals surface area contributed by atoms with Crippen molar-refractivity contribution < 1.29 is 14.5 Å². The van der Waals surface area contributed by atoms with Gasteiger partial charge < -0.3 is 5.11 Å². The molecule has 7 heteroatoms. The van der Waals surface area contributed by atoms with Crippen molar-refractivity contribution in [3.63, 3.8) is 0 Å². The summed E-state index contributed by atoms with van der Waals surface area (Å²) >= 11 is 0. The van der Waals surface area contributed by atoms with Crippen LogP contribution in [0.2, 0.25) is 0 Å². The summed E-state index contributed by atoms with van der Waals surface area (Å²) in [6.45, 7) is 4.11. The number of fused-ring (bicyclic) bond motifs is 2. The molecule has 28 heavy (non-hydrogen) atoms. The van der Waals surface area contributed by atoms with Crippen LogP contribution in [0.3, 0.4) is 0 Å². The summed E-state index contributed by atoms with van der Waals surface area (Å²) in [5, 5.41) is 10.9. The zero-order valence-electron chi connectivity index (χ0n) is 16.3. The first-order valence-corrected chi connectivity index (χ1v) is 9.21. The van der Waals surface area contributed by atoms with Crippen LogP contribution in [0.25, 0.3) is 0 Å². The molecule has 1 aromatic heterocycles. The van der Waals surface area contributed by atoms with Crippen LogP contribution in [-0.2, 0) is 14.1 Å². The van der Waals surface area contributed by atoms with Gasteiger partial charge in [-0.1, -0.05) is 26.0 Å². The third-order valence-corrected chi connectivity index (χ3v) is 5.69. The first-order chi connectivity index (χ1) is 13.1. The van der Waals surface area contributed by atoms with E-state index >= 15 is 0 Å². The van der Waals surface area contributed by atoms with Crippen molar-refractivity contribution in [2.45, 2.75) is 32.6 Å². The maximum atomic E-state index is 13.5. The van der Waals surface area contributed by atoms with Crippen LogP contribution in [0, 0.1) is 11.2 Å². The molecule has 6 nitrogen and oxygen atoms in total. The average molecular weight is 384 g/mol. The van der Waals surface area contributed by atoms with Crippen LogP contribution in [-0.4, -0.2) is 20.0 Å². The molecule has 0 spiro atoms. The number of benzene rings is 1. The molecule has 1 aromatic carbocycles. The average Bonchev–Trinajstić information content (AvgIpc) is 2.63. The van der Waals surface area contributed by atoms with Crippen molar-refractivity contribution >= 4 is 11.5 Å². The van der Waals surface area contributed by atoms with E-state index < -0.39 is 17.2 Å². The van der Waals surface area contributed by atoms with E-state index in [1.807, 2.05) is 0 Å². The fourth-order valence-electron chi connectivity index (χ4n) is 4.37. The summed E-state index contributed by atoms with van der Waals surface area (Å²) in [6.07, 6.45) is 1.14. The Bertz CT molecular complexity index is 1170. The second-order valence-corrected chi connectivity index (χ2v) is 8.43. The lowest BCUT2D eigenvalue weighted by Crippen LogP contribution is -2.74. The summed E-state index contributed by atoms with van der Waals surface area (Å²) in [6, 6.07) is 5.93. The molecule has 2 aliphatic rings. The molecular formula is C21H23FN3O3+. The van der Waals surface area contributed by atoms with Gasteiger partial charge in [0, 0.05) is 25.5 Å². The fraction of sp³-hybridized carbons (Fsp3) is 0.381. The maximum Gasteiger partial charge on any atom is 0.417 e. The Balaban J connectivity index is 2.12. The summed E-state index contributed by atoms with van der Waals surface area (Å²) in [5.74, 6) is -0.312. The predicted molar refractivity (Wildman–Crippen MR) is 103 cm³/mol. The molecule has 0 saturated heterocycles. The lowest BCUT2D eigenvalue weighted by Gasteiger charge is -2.35. The van der Waals surface area contributed by atoms with E-state index in [9.17, 15) is 19.1 Å². The Morgan fingerprint density at radius 3 is 2.39 bits per heavy atom. The Hall–Kier alpha value is -2.96. The molecule has 2 N–H and O–H groups in total. The molecule has 1 aliphatic heterocycles. The molecule has 2 aromatic rings. The molecular weight excluding hydrogens is 361 g/mol. The first-order valence-electron chi connectivity index (χ1n) is 9.21. The van der Waals surface area contributed by atoms with E-state index in [1.54, 1.807) is 19.2 Å². The number of aliphatic hydroxyl groups is 1. The van der Waals surface area contributed by atoms with Gasteiger partial charge in [-0.2, -0.15) is 4.57 Å². The van der Waals surface area contributed by atoms with E-state index in [2.05, 4.69) is 18.8 Å². The van der Waals surface area contributed by atoms with E-state index in [-0.39, 0.29) is 17.0 Å². The van der Waals surface area contributed by atoms with Crippen molar-refractivity contribution in [1.29, 1.82) is 0 Å². The van der Waals surface area contributed by atoms with Gasteiger partial charge >= 0.3 is 5.69 Å². The highest BCUT2D eigenvalue weighted by atomic mass is 19.1. The highest BCUT2D eigenvalue weighted by molar-refractivity contribution is 6.01. The van der Waals surface area contributed by atoms with Gasteiger partial charge in [0.2, 0.25) is 0 Å². The molecule has 2 heterocycles. The van der Waals surface area contributed by atoms with Crippen molar-refractivity contribution in [2.75, 3.05) is 0 Å². The summed E-state index contributed by atoms with van der Waals surface area (Å²) in [7, 11) is 3.04. The minimum absolute atomic E-state index is 0.167. The smallest absolute Gasteiger partial charge is 0.417 e. The first kappa shape index (κ1) is 18.4. The Kier molecular flexibility index (Phi) is 3.96. The number of aliphatic hydroxyl groups excluding tert-OH is 1. The van der Waals surface area contributed by atoms with Gasteiger partial charge in [0.05, 0.1) is 13.0 Å². The number of nitrogens with one attached hydrogen (secondary N) is 1. The number of aromatic nitrogens is 2. The van der Waals surface area contributed by atoms with Crippen molar-refractivity contribution in [2.24, 2.45) is 19.5 Å². The zero-order valence-corrected chi connectivity index (χ0v) is 16.3. The molecule has 1 unspecified atom stereocenters. The molecule has 0 fully saturated rings. The Labute approximate surface area is 161 Å². The molecule has 4 rings (SSSR count). The SMILES string of the molecule is Cn1c2c(c(=O)n(C)c1=O)C(c1ccc(F)cc1)C1=C(O)CC(C)(C)CC1=[NH+]2. The second-order valence-electron chi connectivity index (χ2n) is 8.43. The number of halogens is 1. The quantitative estimate of drug-likeness (QED) is 0.774. The third kappa shape index (κ3) is 2.65. The number of allylic oxidation sites excluding steroid dienone is 2. The number of hydrogen-bond acceptors (Lipinski definition) is 3. The maximum absolute atomic E-state index is 13.5. The molecule has 0 saturated carbocycles. The molecule has 0 bridgehead atoms. The van der Waals surface area contributed by atoms with Crippen molar-refractivity contribution in [3.05, 3.63) is 73.4 Å². The van der Waals surface area contributed by atoms with E-state index in [0.717, 1.165) is 10.3 Å². The molecule has 146 valence electrons. The Morgan fingerprint density at radius 1 is 1.11 bits per heavy atom. The van der Waals surface area contributed by atoms with Gasteiger partial charge in [-0.05, 0) is 23.1 Å². The van der Waals surface area contributed by atoms with Crippen LogP contribution < -0.4 is 16.2 Å². The number of hydrogen-bond donors (Lipinski definition) is 2. The van der Waals surface area contributed by atoms with Crippen LogP contribution in [0.4, 0.5) is 10.2 Å². The van der Waals surface area contributed by atoms with Gasteiger partial charge in [-0.15, -0.1) is 0 Å². The standard InChI is InChI=1S/C21H22FN3O3/c1-21(2)9-13-16(14(26)10-21)15(11-5-7-12(22)8-6-11)17-18(23-13)24(3)20(28)25(4)19(17)27/h5-8,15,26H,9-10H2,1-4H3/p+1. The normalized spacial score (nSPS) is 20.5. The molecule has 1 atom stereocenters. The van der Waals surface area contributed by atoms with E-state index in [1.165, 1.54) is 23.7 Å². The van der Waals surface area contributed by atoms with E-state index in [0.29, 0.717) is 35.4 Å².